The number of likely N-dealkylation sites (N-methyl/N-ethyl adjacent to an activating group) is 1. The van der Waals surface area contributed by atoms with Crippen molar-refractivity contribution in [2.24, 2.45) is 23.0 Å². The Morgan fingerprint density at radius 2 is 1.69 bits per heavy atom. The van der Waals surface area contributed by atoms with E-state index in [-0.39, 0.29) is 92.0 Å². The summed E-state index contributed by atoms with van der Waals surface area (Å²) < 4.78 is 82.7. The number of benzene rings is 3. The number of hydrogen-bond donors (Lipinski definition) is 8. The van der Waals surface area contributed by atoms with Crippen molar-refractivity contribution in [1.29, 1.82) is 0 Å². The number of halogens is 4. The molecule has 29 heteroatoms. The Morgan fingerprint density at radius 3 is 2.38 bits per heavy atom. The lowest BCUT2D eigenvalue weighted by Crippen LogP contribution is -2.62. The van der Waals surface area contributed by atoms with Gasteiger partial charge >= 0.3 is 19.2 Å². The van der Waals surface area contributed by atoms with Gasteiger partial charge in [0.2, 0.25) is 48.1 Å². The second-order valence-corrected chi connectivity index (χ2v) is 28.6. The Balaban J connectivity index is 0.861. The van der Waals surface area contributed by atoms with Gasteiger partial charge in [0.1, 0.15) is 24.2 Å². The summed E-state index contributed by atoms with van der Waals surface area (Å²) in [6.45, 7) is 6.66. The molecule has 94 heavy (non-hydrogen) atoms. The highest BCUT2D eigenvalue weighted by Crippen LogP contribution is 2.63. The van der Waals surface area contributed by atoms with Crippen LogP contribution in [-0.4, -0.2) is 153 Å². The third-order valence-corrected chi connectivity index (χ3v) is 20.7. The van der Waals surface area contributed by atoms with Crippen molar-refractivity contribution in [3.8, 4) is 11.8 Å². The monoisotopic (exact) mass is 1350 g/mol. The number of primary amides is 1. The predicted octanol–water partition coefficient (Wildman–Crippen LogP) is 5.10. The van der Waals surface area contributed by atoms with Crippen LogP contribution in [0.2, 0.25) is 0 Å². The lowest BCUT2D eigenvalue weighted by Gasteiger charge is -2.39. The number of alkyl halides is 2. The number of aliphatic hydroxyl groups is 1. The number of rotatable bonds is 24. The van der Waals surface area contributed by atoms with Crippen molar-refractivity contribution in [2.75, 3.05) is 39.5 Å². The maximum absolute atomic E-state index is 15.7. The molecule has 4 unspecified atom stereocenters. The first kappa shape index (κ1) is 70.7. The summed E-state index contributed by atoms with van der Waals surface area (Å²) in [7, 11) is -5.81. The van der Waals surface area contributed by atoms with Crippen molar-refractivity contribution >= 4 is 82.2 Å². The first-order valence-corrected chi connectivity index (χ1v) is 33.7. The van der Waals surface area contributed by atoms with Crippen molar-refractivity contribution in [1.82, 2.24) is 41.3 Å². The predicted molar refractivity (Wildman–Crippen MR) is 334 cm³/mol. The normalized spacial score (nSPS) is 22.3. The Bertz CT molecular complexity index is 3720. The number of carbonyl (C=O) groups is 9. The van der Waals surface area contributed by atoms with Crippen LogP contribution >= 0.6 is 18.9 Å². The van der Waals surface area contributed by atoms with Gasteiger partial charge in [0.25, 0.3) is 5.91 Å². The highest BCUT2D eigenvalue weighted by Gasteiger charge is 2.67. The van der Waals surface area contributed by atoms with Crippen LogP contribution in [-0.2, 0) is 77.4 Å². The molecule has 5 aliphatic rings. The Labute approximate surface area is 544 Å². The Kier molecular flexibility index (Phi) is 22.2. The number of hydrogen-bond acceptors (Lipinski definition) is 16. The number of nitrogens with one attached hydrogen (secondary N) is 5. The standard InChI is InChI=1S/C65H78F4N9O14PS/c1-5-76-33-43-31-64(43)24-21-51(78(64)61(87)50(34-76)74-59(85)53-30-41-29-42(14-18-52(41)94-53)65(68,69)93(89,90)92-36-91-62(88)63(2,3)4)58(84)72-48(16-19-54(70)80)57(83)73-49(28-38-13-15-45(66)46(67)27-38)60(86)77-25-22-37(23-26-77)9-6-7-10-39-11-8-12-40(35-79)44(39)32-71-47-17-20-55(81)75-56(47)82/h8,11-15,18,27,29-30,37,43,47-51,71,79H,5-6,9,16-17,19-26,28,31-36H2,1-4H3,(H2,70,80)(H,72,84)(H,73,83)(H,74,85)(H,89,90)(H,75,81,82)/t43?,47?,48-,49?,50-,51-,64-/m0/s1. The zero-order valence-corrected chi connectivity index (χ0v) is 54.2. The Morgan fingerprint density at radius 1 is 0.936 bits per heavy atom. The minimum Gasteiger partial charge on any atom is -0.438 e. The van der Waals surface area contributed by atoms with Crippen molar-refractivity contribution < 1.29 is 84.5 Å². The van der Waals surface area contributed by atoms with E-state index in [2.05, 4.69) is 42.9 Å². The minimum absolute atomic E-state index is 0.00809. The van der Waals surface area contributed by atoms with E-state index >= 15 is 13.6 Å². The molecule has 0 bridgehead atoms. The number of likely N-dealkylation sites (tertiary alicyclic amines) is 1. The molecule has 4 saturated heterocycles. The third-order valence-electron chi connectivity index (χ3n) is 18.2. The number of esters is 1. The fourth-order valence-corrected chi connectivity index (χ4v) is 14.5. The van der Waals surface area contributed by atoms with Gasteiger partial charge in [0, 0.05) is 79.8 Å². The third kappa shape index (κ3) is 16.3. The molecule has 0 radical (unpaired) electrons. The zero-order chi connectivity index (χ0) is 68.0. The summed E-state index contributed by atoms with van der Waals surface area (Å²) >= 11 is 0.899. The second kappa shape index (κ2) is 29.6. The number of ether oxygens (including phenoxy) is 1. The average molecular weight is 1350 g/mol. The van der Waals surface area contributed by atoms with Crippen LogP contribution in [0.4, 0.5) is 17.6 Å². The molecule has 5 heterocycles. The van der Waals surface area contributed by atoms with E-state index in [0.29, 0.717) is 73.9 Å². The lowest BCUT2D eigenvalue weighted by atomic mass is 9.91. The molecule has 3 aromatic carbocycles. The maximum atomic E-state index is 15.7. The van der Waals surface area contributed by atoms with E-state index in [1.54, 1.807) is 17.0 Å². The summed E-state index contributed by atoms with van der Waals surface area (Å²) in [4.78, 5) is 137. The van der Waals surface area contributed by atoms with E-state index in [9.17, 15) is 61.7 Å². The van der Waals surface area contributed by atoms with Crippen LogP contribution in [0.15, 0.2) is 60.7 Å². The molecule has 4 aromatic rings. The molecule has 23 nitrogen and oxygen atoms in total. The molecular weight excluding hydrogens is 1270 g/mol. The summed E-state index contributed by atoms with van der Waals surface area (Å²) in [5, 5.41) is 24.0. The molecule has 5 fully saturated rings. The number of nitrogens with zero attached hydrogens (tertiary/aromatic N) is 3. The first-order chi connectivity index (χ1) is 44.5. The molecule has 8 amide bonds. The number of imide groups is 1. The molecule has 8 atom stereocenters. The molecule has 1 saturated carbocycles. The quantitative estimate of drug-likeness (QED) is 0.0113. The van der Waals surface area contributed by atoms with Crippen molar-refractivity contribution in [3.05, 3.63) is 105 Å². The number of thiophene rings is 1. The van der Waals surface area contributed by atoms with Crippen LogP contribution in [0.1, 0.15) is 136 Å². The highest BCUT2D eigenvalue weighted by molar-refractivity contribution is 7.53. The summed E-state index contributed by atoms with van der Waals surface area (Å²) in [6.07, 6.45) is 2.85. The molecule has 9 N–H and O–H groups in total. The smallest absolute Gasteiger partial charge is 0.404 e. The molecular formula is C65H78F4N9O14PS. The lowest BCUT2D eigenvalue weighted by molar-refractivity contribution is -0.160. The molecule has 9 rings (SSSR count). The van der Waals surface area contributed by atoms with Crippen LogP contribution in [0.5, 0.6) is 0 Å². The Hall–Kier alpha value is -7.64. The van der Waals surface area contributed by atoms with E-state index in [4.69, 9.17) is 10.5 Å². The van der Waals surface area contributed by atoms with E-state index in [1.165, 1.54) is 43.9 Å². The van der Waals surface area contributed by atoms with Gasteiger partial charge in [-0.2, -0.15) is 8.78 Å². The van der Waals surface area contributed by atoms with Gasteiger partial charge < -0.3 is 56.4 Å². The summed E-state index contributed by atoms with van der Waals surface area (Å²) in [6, 6.07) is 6.84. The highest BCUT2D eigenvalue weighted by atomic mass is 32.1. The van der Waals surface area contributed by atoms with E-state index in [0.717, 1.165) is 41.2 Å². The maximum Gasteiger partial charge on any atom is 0.404 e. The van der Waals surface area contributed by atoms with Gasteiger partial charge in [0.05, 0.1) is 22.9 Å². The minimum atomic E-state index is -5.81. The second-order valence-electron chi connectivity index (χ2n) is 25.7. The summed E-state index contributed by atoms with van der Waals surface area (Å²) in [5.74, 6) is -1.82. The summed E-state index contributed by atoms with van der Waals surface area (Å²) in [5.41, 5.74) is 0.504. The van der Waals surface area contributed by atoms with E-state index in [1.807, 2.05) is 17.9 Å². The molecule has 4 aliphatic heterocycles. The van der Waals surface area contributed by atoms with Gasteiger partial charge in [-0.3, -0.25) is 57.6 Å². The number of aliphatic hydroxyl groups excluding tert-OH is 1. The number of carbonyl (C=O) groups excluding carboxylic acids is 9. The fourth-order valence-electron chi connectivity index (χ4n) is 12.7. The number of piperidine rings is 2. The largest absolute Gasteiger partial charge is 0.438 e. The average Bonchev–Trinajstić information content (AvgIpc) is 1.53. The molecule has 1 spiro atoms. The van der Waals surface area contributed by atoms with Crippen molar-refractivity contribution in [3.63, 3.8) is 0 Å². The van der Waals surface area contributed by atoms with E-state index < -0.39 is 132 Å². The number of nitrogens with two attached hydrogens (primary N) is 1. The topological polar surface area (TPSA) is 326 Å². The molecule has 1 aliphatic carbocycles. The van der Waals surface area contributed by atoms with Crippen LogP contribution < -0.4 is 32.3 Å². The van der Waals surface area contributed by atoms with Gasteiger partial charge in [0.15, 0.2) is 11.6 Å². The molecule has 506 valence electrons. The van der Waals surface area contributed by atoms with Gasteiger partial charge in [-0.15, -0.1) is 11.3 Å². The zero-order valence-electron chi connectivity index (χ0n) is 52.5. The SMILES string of the molecule is CCN1CC2C[C@@]23CC[C@@H](C(=O)N[C@@H](CCC(N)=O)C(=O)NC(Cc2ccc(F)c(F)c2)C(=O)N2CCC(CCC#Cc4cccc(CO)c4CNC4CCC(=O)NC4=O)CC2)N3C(=O)[C@@H](NC(=O)c2cc3cc(C(F)(F)P(=O)(O)OCOC(=O)C(C)(C)C)ccc3s2)C1. The van der Waals surface area contributed by atoms with Crippen LogP contribution in [0.25, 0.3) is 10.1 Å². The van der Waals surface area contributed by atoms with Gasteiger partial charge in [-0.25, -0.2) is 8.78 Å². The fraction of sp³-hybridized carbons (Fsp3) is 0.523. The van der Waals surface area contributed by atoms with Crippen LogP contribution in [0, 0.1) is 40.7 Å². The van der Waals surface area contributed by atoms with Crippen molar-refractivity contribution in [2.45, 2.75) is 159 Å². The van der Waals surface area contributed by atoms with Gasteiger partial charge in [-0.1, -0.05) is 43.0 Å². The first-order valence-electron chi connectivity index (χ1n) is 31.3. The number of amides is 8. The molecule has 1 aromatic heterocycles. The van der Waals surface area contributed by atoms with Crippen LogP contribution in [0.3, 0.4) is 0 Å². The van der Waals surface area contributed by atoms with Gasteiger partial charge in [-0.05, 0) is 149 Å². The number of fused-ring (bicyclic) bond motifs is 1.